The van der Waals surface area contributed by atoms with Crippen LogP contribution in [-0.2, 0) is 4.79 Å². The molecule has 1 N–H and O–H groups in total. The largest absolute Gasteiger partial charge is 0.355 e. The van der Waals surface area contributed by atoms with Crippen LogP contribution in [0.15, 0.2) is 17.8 Å². The summed E-state index contributed by atoms with van der Waals surface area (Å²) in [5.74, 6) is 1.39. The van der Waals surface area contributed by atoms with Gasteiger partial charge in [0.25, 0.3) is 0 Å². The van der Waals surface area contributed by atoms with Gasteiger partial charge in [0, 0.05) is 32.7 Å². The van der Waals surface area contributed by atoms with E-state index in [2.05, 4.69) is 31.6 Å². The minimum Gasteiger partial charge on any atom is -0.355 e. The Morgan fingerprint density at radius 1 is 1.20 bits per heavy atom. The number of amides is 1. The highest BCUT2D eigenvalue weighted by Gasteiger charge is 2.30. The van der Waals surface area contributed by atoms with E-state index in [0.29, 0.717) is 5.91 Å². The molecule has 25 heavy (non-hydrogen) atoms. The number of anilines is 1. The molecule has 2 aliphatic rings. The number of halogens is 1. The molecular weight excluding hydrogens is 358 g/mol. The van der Waals surface area contributed by atoms with E-state index in [1.54, 1.807) is 17.7 Å². The van der Waals surface area contributed by atoms with Gasteiger partial charge in [-0.3, -0.25) is 4.79 Å². The van der Waals surface area contributed by atoms with Crippen molar-refractivity contribution in [3.63, 3.8) is 0 Å². The van der Waals surface area contributed by atoms with E-state index in [1.165, 1.54) is 0 Å². The van der Waals surface area contributed by atoms with Crippen LogP contribution in [0.1, 0.15) is 19.3 Å². The average molecular weight is 382 g/mol. The highest BCUT2D eigenvalue weighted by molar-refractivity contribution is 7.16. The summed E-state index contributed by atoms with van der Waals surface area (Å²) in [6.45, 7) is 5.36. The third-order valence-corrected chi connectivity index (χ3v) is 5.78. The fraction of sp³-hybridized carbons (Fsp3) is 0.588. The SMILES string of the molecule is Cl.O=C(C1CCCN(c2ncnc3sccc23)C1)N1CCCNCC1. The Hall–Kier alpha value is -1.44. The van der Waals surface area contributed by atoms with Gasteiger partial charge in [-0.25, -0.2) is 9.97 Å². The van der Waals surface area contributed by atoms with Gasteiger partial charge in [0.15, 0.2) is 0 Å². The molecular formula is C17H24ClN5OS. The minimum atomic E-state index is 0. The molecule has 2 saturated heterocycles. The van der Waals surface area contributed by atoms with Crippen LogP contribution in [0, 0.1) is 5.92 Å². The van der Waals surface area contributed by atoms with Gasteiger partial charge in [0.2, 0.25) is 5.91 Å². The first kappa shape index (κ1) is 18.4. The number of carbonyl (C=O) groups is 1. The molecule has 8 heteroatoms. The highest BCUT2D eigenvalue weighted by Crippen LogP contribution is 2.30. The lowest BCUT2D eigenvalue weighted by molar-refractivity contribution is -0.135. The second-order valence-corrected chi connectivity index (χ2v) is 7.45. The molecule has 0 spiro atoms. The van der Waals surface area contributed by atoms with E-state index in [4.69, 9.17) is 0 Å². The number of carbonyl (C=O) groups excluding carboxylic acids is 1. The van der Waals surface area contributed by atoms with Gasteiger partial charge >= 0.3 is 0 Å². The van der Waals surface area contributed by atoms with Gasteiger partial charge in [0.1, 0.15) is 17.0 Å². The Morgan fingerprint density at radius 2 is 2.12 bits per heavy atom. The van der Waals surface area contributed by atoms with Gasteiger partial charge in [-0.1, -0.05) is 0 Å². The van der Waals surface area contributed by atoms with Crippen LogP contribution < -0.4 is 10.2 Å². The zero-order valence-electron chi connectivity index (χ0n) is 14.2. The maximum absolute atomic E-state index is 12.9. The standard InChI is InChI=1S/C17H23N5OS.ClH/c23-17(21-8-2-5-18-6-9-21)13-3-1-7-22(11-13)15-14-4-10-24-16(14)20-12-19-15;/h4,10,12-13,18H,1-3,5-9,11H2;1H. The molecule has 136 valence electrons. The minimum absolute atomic E-state index is 0. The van der Waals surface area contributed by atoms with Crippen molar-refractivity contribution < 1.29 is 4.79 Å². The summed E-state index contributed by atoms with van der Waals surface area (Å²) < 4.78 is 0. The molecule has 2 aromatic rings. The van der Waals surface area contributed by atoms with Crippen molar-refractivity contribution in [2.24, 2.45) is 5.92 Å². The van der Waals surface area contributed by atoms with Crippen LogP contribution in [0.5, 0.6) is 0 Å². The van der Waals surface area contributed by atoms with Crippen LogP contribution >= 0.6 is 23.7 Å². The first-order valence-electron chi connectivity index (χ1n) is 8.75. The number of thiophene rings is 1. The van der Waals surface area contributed by atoms with Crippen LogP contribution in [-0.4, -0.2) is 60.0 Å². The molecule has 2 aromatic heterocycles. The number of nitrogens with zero attached hydrogens (tertiary/aromatic N) is 4. The van der Waals surface area contributed by atoms with E-state index in [-0.39, 0.29) is 18.3 Å². The lowest BCUT2D eigenvalue weighted by atomic mass is 9.96. The van der Waals surface area contributed by atoms with Crippen molar-refractivity contribution >= 4 is 45.7 Å². The Morgan fingerprint density at radius 3 is 3.04 bits per heavy atom. The van der Waals surface area contributed by atoms with Crippen LogP contribution in [0.25, 0.3) is 10.2 Å². The molecule has 1 unspecified atom stereocenters. The molecule has 0 aromatic carbocycles. The van der Waals surface area contributed by atoms with Crippen LogP contribution in [0.3, 0.4) is 0 Å². The van der Waals surface area contributed by atoms with E-state index < -0.39 is 0 Å². The normalized spacial score (nSPS) is 21.7. The molecule has 2 fully saturated rings. The summed E-state index contributed by atoms with van der Waals surface area (Å²) in [5, 5.41) is 6.53. The number of nitrogens with one attached hydrogen (secondary N) is 1. The topological polar surface area (TPSA) is 61.4 Å². The monoisotopic (exact) mass is 381 g/mol. The van der Waals surface area contributed by atoms with Crippen molar-refractivity contribution in [1.29, 1.82) is 0 Å². The maximum Gasteiger partial charge on any atom is 0.227 e. The lowest BCUT2D eigenvalue weighted by Crippen LogP contribution is -2.46. The molecule has 4 heterocycles. The second-order valence-electron chi connectivity index (χ2n) is 6.55. The van der Waals surface area contributed by atoms with Gasteiger partial charge in [-0.15, -0.1) is 23.7 Å². The van der Waals surface area contributed by atoms with Crippen molar-refractivity contribution in [1.82, 2.24) is 20.2 Å². The maximum atomic E-state index is 12.9. The fourth-order valence-corrected chi connectivity index (χ4v) is 4.45. The van der Waals surface area contributed by atoms with Crippen LogP contribution in [0.4, 0.5) is 5.82 Å². The smallest absolute Gasteiger partial charge is 0.227 e. The zero-order chi connectivity index (χ0) is 16.4. The summed E-state index contributed by atoms with van der Waals surface area (Å²) >= 11 is 1.64. The predicted octanol–water partition coefficient (Wildman–Crippen LogP) is 2.15. The Balaban J connectivity index is 0.00000182. The zero-order valence-corrected chi connectivity index (χ0v) is 15.8. The number of hydrogen-bond donors (Lipinski definition) is 1. The summed E-state index contributed by atoms with van der Waals surface area (Å²) in [7, 11) is 0. The van der Waals surface area contributed by atoms with Gasteiger partial charge < -0.3 is 15.1 Å². The number of fused-ring (bicyclic) bond motifs is 1. The van der Waals surface area contributed by atoms with E-state index in [0.717, 1.165) is 74.6 Å². The van der Waals surface area contributed by atoms with Crippen molar-refractivity contribution in [3.8, 4) is 0 Å². The Labute approximate surface area is 158 Å². The predicted molar refractivity (Wildman–Crippen MR) is 104 cm³/mol. The van der Waals surface area contributed by atoms with Crippen molar-refractivity contribution in [3.05, 3.63) is 17.8 Å². The van der Waals surface area contributed by atoms with Gasteiger partial charge in [0.05, 0.1) is 11.3 Å². The molecule has 0 aliphatic carbocycles. The van der Waals surface area contributed by atoms with Crippen molar-refractivity contribution in [2.45, 2.75) is 19.3 Å². The summed E-state index contributed by atoms with van der Waals surface area (Å²) in [6.07, 6.45) is 4.71. The summed E-state index contributed by atoms with van der Waals surface area (Å²) in [5.41, 5.74) is 0. The van der Waals surface area contributed by atoms with Gasteiger partial charge in [-0.2, -0.15) is 0 Å². The molecule has 2 aliphatic heterocycles. The molecule has 1 amide bonds. The van der Waals surface area contributed by atoms with E-state index in [1.807, 2.05) is 4.90 Å². The fourth-order valence-electron chi connectivity index (χ4n) is 3.72. The molecule has 4 rings (SSSR count). The van der Waals surface area contributed by atoms with E-state index >= 15 is 0 Å². The average Bonchev–Trinajstić information content (AvgIpc) is 2.95. The number of aromatic nitrogens is 2. The first-order chi connectivity index (χ1) is 11.8. The third-order valence-electron chi connectivity index (χ3n) is 4.96. The highest BCUT2D eigenvalue weighted by atomic mass is 35.5. The van der Waals surface area contributed by atoms with Crippen LogP contribution in [0.2, 0.25) is 0 Å². The number of hydrogen-bond acceptors (Lipinski definition) is 6. The molecule has 1 atom stereocenters. The molecule has 0 bridgehead atoms. The first-order valence-corrected chi connectivity index (χ1v) is 9.63. The Kier molecular flexibility index (Phi) is 6.09. The Bertz CT molecular complexity index is 716. The third kappa shape index (κ3) is 3.88. The summed E-state index contributed by atoms with van der Waals surface area (Å²) in [6, 6.07) is 2.08. The second kappa shape index (κ2) is 8.29. The van der Waals surface area contributed by atoms with Crippen molar-refractivity contribution in [2.75, 3.05) is 44.2 Å². The number of piperidine rings is 1. The van der Waals surface area contributed by atoms with E-state index in [9.17, 15) is 4.79 Å². The molecule has 6 nitrogen and oxygen atoms in total. The summed E-state index contributed by atoms with van der Waals surface area (Å²) in [4.78, 5) is 27.1. The molecule has 0 radical (unpaired) electrons. The number of rotatable bonds is 2. The lowest BCUT2D eigenvalue weighted by Gasteiger charge is -2.35. The van der Waals surface area contributed by atoms with Gasteiger partial charge in [-0.05, 0) is 37.3 Å². The molecule has 0 saturated carbocycles. The quantitative estimate of drug-likeness (QED) is 0.863.